The number of aliphatic hydroxyl groups is 1. The first-order chi connectivity index (χ1) is 7.88. The van der Waals surface area contributed by atoms with E-state index in [1.54, 1.807) is 6.92 Å². The molecule has 8 nitrogen and oxygen atoms in total. The summed E-state index contributed by atoms with van der Waals surface area (Å²) in [6.07, 6.45) is -1.37. The van der Waals surface area contributed by atoms with Gasteiger partial charge in [0.15, 0.2) is 0 Å². The number of hydrogen-bond acceptors (Lipinski definition) is 5. The van der Waals surface area contributed by atoms with Crippen molar-refractivity contribution in [2.24, 2.45) is 5.73 Å². The van der Waals surface area contributed by atoms with Crippen molar-refractivity contribution in [3.05, 3.63) is 0 Å². The van der Waals surface area contributed by atoms with Crippen LogP contribution in [-0.2, 0) is 9.59 Å². The molecule has 0 saturated heterocycles. The molecule has 0 heterocycles. The molecule has 2 atom stereocenters. The van der Waals surface area contributed by atoms with E-state index in [-0.39, 0.29) is 6.54 Å². The van der Waals surface area contributed by atoms with Crippen molar-refractivity contribution >= 4 is 17.8 Å². The SMILES string of the molecule is CCNC(=O)NC(=O)C(C)NCC(O)C(N)=O. The number of imide groups is 1. The van der Waals surface area contributed by atoms with Crippen LogP contribution in [-0.4, -0.2) is 48.2 Å². The quantitative estimate of drug-likeness (QED) is 0.358. The molecule has 0 bridgehead atoms. The molecule has 0 fully saturated rings. The Bertz CT molecular complexity index is 295. The highest BCUT2D eigenvalue weighted by atomic mass is 16.3. The van der Waals surface area contributed by atoms with E-state index < -0.39 is 30.0 Å². The fourth-order valence-electron chi connectivity index (χ4n) is 0.907. The standard InChI is InChI=1S/C9H18N4O4/c1-3-11-9(17)13-8(16)5(2)12-4-6(14)7(10)15/h5-6,12,14H,3-4H2,1-2H3,(H2,10,15)(H2,11,13,16,17). The average Bonchev–Trinajstić information content (AvgIpc) is 2.25. The van der Waals surface area contributed by atoms with E-state index in [4.69, 9.17) is 10.8 Å². The third-order valence-electron chi connectivity index (χ3n) is 1.91. The molecule has 6 N–H and O–H groups in total. The highest BCUT2D eigenvalue weighted by Crippen LogP contribution is 1.85. The Morgan fingerprint density at radius 1 is 1.35 bits per heavy atom. The molecule has 98 valence electrons. The number of primary amides is 1. The molecular weight excluding hydrogens is 228 g/mol. The smallest absolute Gasteiger partial charge is 0.321 e. The maximum atomic E-state index is 11.4. The number of rotatable bonds is 6. The van der Waals surface area contributed by atoms with Crippen molar-refractivity contribution in [2.45, 2.75) is 26.0 Å². The molecule has 2 unspecified atom stereocenters. The monoisotopic (exact) mass is 246 g/mol. The second-order valence-electron chi connectivity index (χ2n) is 3.40. The number of nitrogens with one attached hydrogen (secondary N) is 3. The summed E-state index contributed by atoms with van der Waals surface area (Å²) in [5.74, 6) is -1.44. The Balaban J connectivity index is 3.97. The number of carbonyl (C=O) groups excluding carboxylic acids is 3. The molecular formula is C9H18N4O4. The minimum Gasteiger partial charge on any atom is -0.382 e. The molecule has 0 radical (unpaired) electrons. The number of urea groups is 1. The van der Waals surface area contributed by atoms with E-state index in [0.717, 1.165) is 0 Å². The minimum absolute atomic E-state index is 0.153. The van der Waals surface area contributed by atoms with Gasteiger partial charge in [-0.15, -0.1) is 0 Å². The predicted molar refractivity (Wildman–Crippen MR) is 59.9 cm³/mol. The summed E-state index contributed by atoms with van der Waals surface area (Å²) in [7, 11) is 0. The fraction of sp³-hybridized carbons (Fsp3) is 0.667. The Kier molecular flexibility index (Phi) is 6.83. The first-order valence-corrected chi connectivity index (χ1v) is 5.18. The average molecular weight is 246 g/mol. The predicted octanol–water partition coefficient (Wildman–Crippen LogP) is -2.34. The molecule has 0 aromatic heterocycles. The molecule has 4 amide bonds. The van der Waals surface area contributed by atoms with Gasteiger partial charge in [-0.2, -0.15) is 0 Å². The summed E-state index contributed by atoms with van der Waals surface area (Å²) >= 11 is 0. The van der Waals surface area contributed by atoms with Crippen LogP contribution >= 0.6 is 0 Å². The van der Waals surface area contributed by atoms with Gasteiger partial charge in [-0.3, -0.25) is 14.9 Å². The van der Waals surface area contributed by atoms with Crippen LogP contribution in [0.3, 0.4) is 0 Å². The lowest BCUT2D eigenvalue weighted by Gasteiger charge is -2.14. The Hall–Kier alpha value is -1.67. The van der Waals surface area contributed by atoms with E-state index in [1.807, 2.05) is 0 Å². The normalized spacial score (nSPS) is 13.6. The van der Waals surface area contributed by atoms with Gasteiger partial charge in [0, 0.05) is 13.1 Å². The van der Waals surface area contributed by atoms with Crippen molar-refractivity contribution in [1.82, 2.24) is 16.0 Å². The van der Waals surface area contributed by atoms with Crippen LogP contribution in [0.5, 0.6) is 0 Å². The maximum absolute atomic E-state index is 11.4. The number of carbonyl (C=O) groups is 3. The van der Waals surface area contributed by atoms with E-state index in [9.17, 15) is 14.4 Å². The topological polar surface area (TPSA) is 134 Å². The van der Waals surface area contributed by atoms with Crippen LogP contribution < -0.4 is 21.7 Å². The molecule has 0 spiro atoms. The highest BCUT2D eigenvalue weighted by Gasteiger charge is 2.17. The fourth-order valence-corrected chi connectivity index (χ4v) is 0.907. The van der Waals surface area contributed by atoms with Crippen LogP contribution in [0.1, 0.15) is 13.8 Å². The Morgan fingerprint density at radius 2 is 1.94 bits per heavy atom. The summed E-state index contributed by atoms with van der Waals surface area (Å²) < 4.78 is 0. The Labute approximate surface area is 98.9 Å². The summed E-state index contributed by atoms with van der Waals surface area (Å²) in [4.78, 5) is 32.9. The minimum atomic E-state index is -1.37. The molecule has 0 aliphatic rings. The number of nitrogens with two attached hydrogens (primary N) is 1. The summed E-state index contributed by atoms with van der Waals surface area (Å²) in [6.45, 7) is 3.46. The van der Waals surface area contributed by atoms with E-state index >= 15 is 0 Å². The van der Waals surface area contributed by atoms with Crippen molar-refractivity contribution in [1.29, 1.82) is 0 Å². The zero-order valence-electron chi connectivity index (χ0n) is 9.82. The highest BCUT2D eigenvalue weighted by molar-refractivity contribution is 5.96. The lowest BCUT2D eigenvalue weighted by Crippen LogP contribution is -2.50. The van der Waals surface area contributed by atoms with Gasteiger partial charge in [0.1, 0.15) is 6.10 Å². The maximum Gasteiger partial charge on any atom is 0.321 e. The molecule has 0 aliphatic carbocycles. The van der Waals surface area contributed by atoms with E-state index in [2.05, 4.69) is 16.0 Å². The zero-order valence-corrected chi connectivity index (χ0v) is 9.82. The van der Waals surface area contributed by atoms with Crippen LogP contribution in [0.4, 0.5) is 4.79 Å². The van der Waals surface area contributed by atoms with E-state index in [1.165, 1.54) is 6.92 Å². The van der Waals surface area contributed by atoms with Crippen LogP contribution in [0.2, 0.25) is 0 Å². The second-order valence-corrected chi connectivity index (χ2v) is 3.40. The molecule has 0 rings (SSSR count). The lowest BCUT2D eigenvalue weighted by atomic mass is 10.2. The summed E-state index contributed by atoms with van der Waals surface area (Å²) in [5, 5.41) is 16.1. The Morgan fingerprint density at radius 3 is 2.41 bits per heavy atom. The number of hydrogen-bond donors (Lipinski definition) is 5. The van der Waals surface area contributed by atoms with Crippen molar-refractivity contribution in [2.75, 3.05) is 13.1 Å². The molecule has 17 heavy (non-hydrogen) atoms. The van der Waals surface area contributed by atoms with Gasteiger partial charge < -0.3 is 21.5 Å². The van der Waals surface area contributed by atoms with Crippen molar-refractivity contribution < 1.29 is 19.5 Å². The molecule has 0 saturated carbocycles. The van der Waals surface area contributed by atoms with Gasteiger partial charge in [0.2, 0.25) is 11.8 Å². The molecule has 0 aromatic carbocycles. The van der Waals surface area contributed by atoms with Gasteiger partial charge in [-0.25, -0.2) is 4.79 Å². The first-order valence-electron chi connectivity index (χ1n) is 5.18. The van der Waals surface area contributed by atoms with Gasteiger partial charge in [0.05, 0.1) is 6.04 Å². The van der Waals surface area contributed by atoms with Crippen molar-refractivity contribution in [3.8, 4) is 0 Å². The van der Waals surface area contributed by atoms with Gasteiger partial charge in [0.25, 0.3) is 0 Å². The number of amides is 4. The van der Waals surface area contributed by atoms with Crippen LogP contribution in [0, 0.1) is 0 Å². The third kappa shape index (κ3) is 6.48. The van der Waals surface area contributed by atoms with Crippen molar-refractivity contribution in [3.63, 3.8) is 0 Å². The van der Waals surface area contributed by atoms with Crippen LogP contribution in [0.25, 0.3) is 0 Å². The summed E-state index contributed by atoms with van der Waals surface area (Å²) in [6, 6.07) is -1.33. The van der Waals surface area contributed by atoms with E-state index in [0.29, 0.717) is 6.54 Å². The molecule has 0 aromatic rings. The number of aliphatic hydroxyl groups excluding tert-OH is 1. The lowest BCUT2D eigenvalue weighted by molar-refractivity contribution is -0.127. The third-order valence-corrected chi connectivity index (χ3v) is 1.91. The first kappa shape index (κ1) is 15.3. The zero-order chi connectivity index (χ0) is 13.4. The van der Waals surface area contributed by atoms with Gasteiger partial charge in [-0.05, 0) is 13.8 Å². The molecule has 8 heteroatoms. The van der Waals surface area contributed by atoms with Gasteiger partial charge >= 0.3 is 6.03 Å². The van der Waals surface area contributed by atoms with Gasteiger partial charge in [-0.1, -0.05) is 0 Å². The largest absolute Gasteiger partial charge is 0.382 e. The van der Waals surface area contributed by atoms with Crippen LogP contribution in [0.15, 0.2) is 0 Å². The second kappa shape index (κ2) is 7.58. The molecule has 0 aliphatic heterocycles. The summed E-state index contributed by atoms with van der Waals surface area (Å²) in [5.41, 5.74) is 4.82.